The highest BCUT2D eigenvalue weighted by Crippen LogP contribution is 2.13. The van der Waals surface area contributed by atoms with E-state index in [-0.39, 0.29) is 18.1 Å². The molecule has 96 valence electrons. The molecule has 1 rings (SSSR count). The number of rotatable bonds is 6. The SMILES string of the molecule is COCCOCC(=O)Nc1ccc(F)c(C#N)c1. The molecule has 0 aliphatic rings. The number of benzene rings is 1. The average molecular weight is 252 g/mol. The van der Waals surface area contributed by atoms with Crippen LogP contribution < -0.4 is 5.32 Å². The van der Waals surface area contributed by atoms with Crippen molar-refractivity contribution in [1.29, 1.82) is 5.26 Å². The fourth-order valence-electron chi connectivity index (χ4n) is 1.19. The minimum Gasteiger partial charge on any atom is -0.382 e. The second-order valence-electron chi connectivity index (χ2n) is 3.40. The van der Waals surface area contributed by atoms with E-state index >= 15 is 0 Å². The van der Waals surface area contributed by atoms with E-state index in [0.717, 1.165) is 6.07 Å². The van der Waals surface area contributed by atoms with Gasteiger partial charge in [-0.05, 0) is 18.2 Å². The normalized spacial score (nSPS) is 9.83. The molecule has 0 aliphatic heterocycles. The number of amides is 1. The van der Waals surface area contributed by atoms with Crippen molar-refractivity contribution in [2.75, 3.05) is 32.2 Å². The van der Waals surface area contributed by atoms with Gasteiger partial charge in [0.25, 0.3) is 0 Å². The first-order chi connectivity index (χ1) is 8.67. The number of carbonyl (C=O) groups is 1. The Morgan fingerprint density at radius 2 is 2.28 bits per heavy atom. The molecule has 0 bridgehead atoms. The number of ether oxygens (including phenoxy) is 2. The van der Waals surface area contributed by atoms with E-state index < -0.39 is 5.82 Å². The van der Waals surface area contributed by atoms with Gasteiger partial charge >= 0.3 is 0 Å². The van der Waals surface area contributed by atoms with Crippen LogP contribution in [0.1, 0.15) is 5.56 Å². The van der Waals surface area contributed by atoms with E-state index in [4.69, 9.17) is 14.7 Å². The predicted octanol–water partition coefficient (Wildman–Crippen LogP) is 1.30. The van der Waals surface area contributed by atoms with Crippen molar-refractivity contribution in [3.63, 3.8) is 0 Å². The van der Waals surface area contributed by atoms with Crippen molar-refractivity contribution >= 4 is 11.6 Å². The molecule has 0 aromatic heterocycles. The van der Waals surface area contributed by atoms with Gasteiger partial charge < -0.3 is 14.8 Å². The van der Waals surface area contributed by atoms with Crippen molar-refractivity contribution < 1.29 is 18.7 Å². The van der Waals surface area contributed by atoms with Crippen molar-refractivity contribution in [3.05, 3.63) is 29.6 Å². The molecular weight excluding hydrogens is 239 g/mol. The minimum atomic E-state index is -0.619. The molecule has 1 N–H and O–H groups in total. The smallest absolute Gasteiger partial charge is 0.250 e. The molecular formula is C12H13FN2O3. The molecule has 1 amide bonds. The fourth-order valence-corrected chi connectivity index (χ4v) is 1.19. The molecule has 1 aromatic rings. The highest BCUT2D eigenvalue weighted by molar-refractivity contribution is 5.91. The Morgan fingerprint density at radius 1 is 1.50 bits per heavy atom. The number of hydrogen-bond acceptors (Lipinski definition) is 4. The molecule has 0 fully saturated rings. The first-order valence-electron chi connectivity index (χ1n) is 5.23. The summed E-state index contributed by atoms with van der Waals surface area (Å²) < 4.78 is 22.8. The van der Waals surface area contributed by atoms with Crippen LogP contribution in [0.3, 0.4) is 0 Å². The zero-order valence-corrected chi connectivity index (χ0v) is 9.90. The van der Waals surface area contributed by atoms with Crippen LogP contribution in [0.25, 0.3) is 0 Å². The van der Waals surface area contributed by atoms with Gasteiger partial charge in [0.15, 0.2) is 0 Å². The van der Waals surface area contributed by atoms with Crippen LogP contribution in [0.2, 0.25) is 0 Å². The summed E-state index contributed by atoms with van der Waals surface area (Å²) in [7, 11) is 1.53. The van der Waals surface area contributed by atoms with Crippen molar-refractivity contribution in [3.8, 4) is 6.07 Å². The Balaban J connectivity index is 2.47. The third-order valence-corrected chi connectivity index (χ3v) is 2.04. The van der Waals surface area contributed by atoms with Crippen LogP contribution in [0.4, 0.5) is 10.1 Å². The minimum absolute atomic E-state index is 0.117. The summed E-state index contributed by atoms with van der Waals surface area (Å²) in [6.07, 6.45) is 0. The van der Waals surface area contributed by atoms with Crippen molar-refractivity contribution in [2.45, 2.75) is 0 Å². The molecule has 0 unspecified atom stereocenters. The zero-order chi connectivity index (χ0) is 13.4. The number of halogens is 1. The predicted molar refractivity (Wildman–Crippen MR) is 62.4 cm³/mol. The lowest BCUT2D eigenvalue weighted by atomic mass is 10.2. The lowest BCUT2D eigenvalue weighted by molar-refractivity contribution is -0.121. The van der Waals surface area contributed by atoms with Gasteiger partial charge in [-0.1, -0.05) is 0 Å². The number of nitriles is 1. The molecule has 0 atom stereocenters. The Hall–Kier alpha value is -1.97. The van der Waals surface area contributed by atoms with Gasteiger partial charge in [-0.3, -0.25) is 4.79 Å². The van der Waals surface area contributed by atoms with Crippen LogP contribution >= 0.6 is 0 Å². The Bertz CT molecular complexity index is 457. The van der Waals surface area contributed by atoms with Crippen LogP contribution in [-0.4, -0.2) is 32.8 Å². The average Bonchev–Trinajstić information content (AvgIpc) is 2.37. The van der Waals surface area contributed by atoms with Crippen LogP contribution in [-0.2, 0) is 14.3 Å². The Labute approximate surface area is 104 Å². The number of carbonyl (C=O) groups excluding carboxylic acids is 1. The van der Waals surface area contributed by atoms with Crippen LogP contribution in [0.15, 0.2) is 18.2 Å². The summed E-state index contributed by atoms with van der Waals surface area (Å²) in [5, 5.41) is 11.1. The lowest BCUT2D eigenvalue weighted by Crippen LogP contribution is -2.19. The first-order valence-corrected chi connectivity index (χ1v) is 5.23. The highest BCUT2D eigenvalue weighted by atomic mass is 19.1. The highest BCUT2D eigenvalue weighted by Gasteiger charge is 2.06. The maximum atomic E-state index is 13.0. The summed E-state index contributed by atoms with van der Waals surface area (Å²) >= 11 is 0. The number of methoxy groups -OCH3 is 1. The molecule has 0 saturated heterocycles. The van der Waals surface area contributed by atoms with Crippen LogP contribution in [0.5, 0.6) is 0 Å². The second-order valence-corrected chi connectivity index (χ2v) is 3.40. The fraction of sp³-hybridized carbons (Fsp3) is 0.333. The number of nitrogens with one attached hydrogen (secondary N) is 1. The number of nitrogens with zero attached hydrogens (tertiary/aromatic N) is 1. The van der Waals surface area contributed by atoms with E-state index in [1.54, 1.807) is 6.07 Å². The number of anilines is 1. The molecule has 0 heterocycles. The summed E-state index contributed by atoms with van der Waals surface area (Å²) in [5.41, 5.74) is 0.237. The van der Waals surface area contributed by atoms with E-state index in [0.29, 0.717) is 18.9 Å². The standard InChI is InChI=1S/C12H13FN2O3/c1-17-4-5-18-8-12(16)15-10-2-3-11(13)9(6-10)7-14/h2-3,6H,4-5,8H2,1H3,(H,15,16). The van der Waals surface area contributed by atoms with Gasteiger partial charge in [-0.25, -0.2) is 4.39 Å². The van der Waals surface area contributed by atoms with E-state index in [9.17, 15) is 9.18 Å². The van der Waals surface area contributed by atoms with E-state index in [1.807, 2.05) is 0 Å². The van der Waals surface area contributed by atoms with Gasteiger partial charge in [0, 0.05) is 12.8 Å². The lowest BCUT2D eigenvalue weighted by Gasteiger charge is -2.06. The molecule has 1 aromatic carbocycles. The summed E-state index contributed by atoms with van der Waals surface area (Å²) in [6.45, 7) is 0.599. The topological polar surface area (TPSA) is 71.3 Å². The van der Waals surface area contributed by atoms with Gasteiger partial charge in [0.05, 0.1) is 18.8 Å². The Morgan fingerprint density at radius 3 is 2.94 bits per heavy atom. The Kier molecular flexibility index (Phi) is 5.77. The summed E-state index contributed by atoms with van der Waals surface area (Å²) in [4.78, 5) is 11.4. The third-order valence-electron chi connectivity index (χ3n) is 2.04. The van der Waals surface area contributed by atoms with Gasteiger partial charge in [-0.15, -0.1) is 0 Å². The molecule has 5 nitrogen and oxygen atoms in total. The third kappa shape index (κ3) is 4.49. The van der Waals surface area contributed by atoms with Gasteiger partial charge in [0.2, 0.25) is 5.91 Å². The molecule has 0 radical (unpaired) electrons. The van der Waals surface area contributed by atoms with E-state index in [2.05, 4.69) is 5.32 Å². The van der Waals surface area contributed by atoms with Crippen molar-refractivity contribution in [1.82, 2.24) is 0 Å². The number of hydrogen-bond donors (Lipinski definition) is 1. The molecule has 18 heavy (non-hydrogen) atoms. The quantitative estimate of drug-likeness (QED) is 0.774. The molecule has 0 saturated carbocycles. The molecule has 6 heteroatoms. The van der Waals surface area contributed by atoms with E-state index in [1.165, 1.54) is 19.2 Å². The summed E-state index contributed by atoms with van der Waals surface area (Å²) in [5.74, 6) is -0.992. The molecule has 0 aliphatic carbocycles. The summed E-state index contributed by atoms with van der Waals surface area (Å²) in [6, 6.07) is 5.46. The molecule has 0 spiro atoms. The second kappa shape index (κ2) is 7.37. The van der Waals surface area contributed by atoms with Crippen LogP contribution in [0, 0.1) is 17.1 Å². The zero-order valence-electron chi connectivity index (χ0n) is 9.90. The van der Waals surface area contributed by atoms with Crippen molar-refractivity contribution in [2.24, 2.45) is 0 Å². The van der Waals surface area contributed by atoms with Gasteiger partial charge in [-0.2, -0.15) is 5.26 Å². The van der Waals surface area contributed by atoms with Gasteiger partial charge in [0.1, 0.15) is 18.5 Å². The monoisotopic (exact) mass is 252 g/mol. The largest absolute Gasteiger partial charge is 0.382 e. The maximum absolute atomic E-state index is 13.0. The maximum Gasteiger partial charge on any atom is 0.250 e. The first kappa shape index (κ1) is 14.1.